The summed E-state index contributed by atoms with van der Waals surface area (Å²) in [6.45, 7) is 6.87. The van der Waals surface area contributed by atoms with Gasteiger partial charge in [-0.25, -0.2) is 0 Å². The van der Waals surface area contributed by atoms with Crippen LogP contribution in [0.3, 0.4) is 0 Å². The molecule has 1 unspecified atom stereocenters. The molecule has 0 bridgehead atoms. The highest BCUT2D eigenvalue weighted by Crippen LogP contribution is 2.36. The summed E-state index contributed by atoms with van der Waals surface area (Å²) in [6, 6.07) is -0.997. The van der Waals surface area contributed by atoms with Crippen molar-refractivity contribution in [3.8, 4) is 0 Å². The van der Waals surface area contributed by atoms with E-state index in [2.05, 4.69) is 48.9 Å². The Morgan fingerprint density at radius 3 is 2.59 bits per heavy atom. The van der Waals surface area contributed by atoms with Gasteiger partial charge < -0.3 is 20.7 Å². The molecule has 0 radical (unpaired) electrons. The van der Waals surface area contributed by atoms with E-state index < -0.39 is 11.5 Å². The summed E-state index contributed by atoms with van der Waals surface area (Å²) in [6.07, 6.45) is 10.5. The Hall–Kier alpha value is -1.69. The predicted molar refractivity (Wildman–Crippen MR) is 108 cm³/mol. The lowest BCUT2D eigenvalue weighted by molar-refractivity contribution is -0.130. The minimum Gasteiger partial charge on any atom is -0.356 e. The Kier molecular flexibility index (Phi) is 10.3. The summed E-state index contributed by atoms with van der Waals surface area (Å²) in [5.74, 6) is 0.162. The highest BCUT2D eigenvalue weighted by atomic mass is 16.2. The molecule has 0 aromatic rings. The van der Waals surface area contributed by atoms with Gasteiger partial charge in [0.05, 0.1) is 17.5 Å². The lowest BCUT2D eigenvalue weighted by Crippen LogP contribution is -2.50. The van der Waals surface area contributed by atoms with Crippen LogP contribution in [0.15, 0.2) is 12.2 Å². The Morgan fingerprint density at radius 1 is 1.33 bits per heavy atom. The monoisotopic (exact) mass is 379 g/mol. The smallest absolute Gasteiger partial charge is 0.237 e. The molecule has 154 valence electrons. The number of amides is 2. The van der Waals surface area contributed by atoms with Crippen molar-refractivity contribution in [1.29, 1.82) is 0 Å². The average molecular weight is 380 g/mol. The van der Waals surface area contributed by atoms with E-state index in [1.165, 1.54) is 0 Å². The number of aldehydes is 1. The molecule has 1 saturated heterocycles. The first-order chi connectivity index (χ1) is 12.9. The molecule has 1 rings (SSSR count). The summed E-state index contributed by atoms with van der Waals surface area (Å²) in [5, 5.41) is 8.73. The van der Waals surface area contributed by atoms with Gasteiger partial charge in [-0.05, 0) is 45.1 Å². The molecule has 0 aliphatic carbocycles. The maximum atomic E-state index is 12.5. The molecular formula is C21H37N3O3. The summed E-state index contributed by atoms with van der Waals surface area (Å²) < 4.78 is 0. The standard InChI is InChI=1S/C21H37N3O3/c1-5-6-7-8-9-10-21(11-12-23-20(21)27)14-17(15-25)24-19(26)18(22-4)13-16(2)3/h8-9,15-18,22H,5-7,10-14H2,1-4H3,(H,23,27)(H,24,26)/b9-8+/t17-,18-,21?/m0/s1. The van der Waals surface area contributed by atoms with Crippen molar-refractivity contribution in [3.05, 3.63) is 12.2 Å². The van der Waals surface area contributed by atoms with Crippen molar-refractivity contribution in [2.24, 2.45) is 11.3 Å². The van der Waals surface area contributed by atoms with Crippen LogP contribution >= 0.6 is 0 Å². The fourth-order valence-electron chi connectivity index (χ4n) is 3.60. The molecule has 27 heavy (non-hydrogen) atoms. The van der Waals surface area contributed by atoms with Crippen LogP contribution in [0.25, 0.3) is 0 Å². The third-order valence-electron chi connectivity index (χ3n) is 5.25. The van der Waals surface area contributed by atoms with E-state index in [0.717, 1.165) is 25.5 Å². The second-order valence-electron chi connectivity index (χ2n) is 8.03. The van der Waals surface area contributed by atoms with Crippen molar-refractivity contribution in [2.75, 3.05) is 13.6 Å². The van der Waals surface area contributed by atoms with Crippen molar-refractivity contribution in [2.45, 2.75) is 77.8 Å². The molecule has 1 fully saturated rings. The van der Waals surface area contributed by atoms with Gasteiger partial charge in [0.15, 0.2) is 0 Å². The predicted octanol–water partition coefficient (Wildman–Crippen LogP) is 2.34. The molecule has 6 nitrogen and oxygen atoms in total. The minimum absolute atomic E-state index is 0.0175. The van der Waals surface area contributed by atoms with Gasteiger partial charge in [0.1, 0.15) is 6.29 Å². The van der Waals surface area contributed by atoms with Gasteiger partial charge in [0.25, 0.3) is 0 Å². The maximum Gasteiger partial charge on any atom is 0.237 e. The Morgan fingerprint density at radius 2 is 2.07 bits per heavy atom. The molecule has 3 atom stereocenters. The van der Waals surface area contributed by atoms with Crippen molar-refractivity contribution >= 4 is 18.1 Å². The molecule has 0 aromatic carbocycles. The van der Waals surface area contributed by atoms with Crippen LogP contribution < -0.4 is 16.0 Å². The first-order valence-electron chi connectivity index (χ1n) is 10.2. The average Bonchev–Trinajstić information content (AvgIpc) is 2.99. The van der Waals surface area contributed by atoms with Gasteiger partial charge in [0.2, 0.25) is 11.8 Å². The van der Waals surface area contributed by atoms with Crippen LogP contribution in [0, 0.1) is 11.3 Å². The van der Waals surface area contributed by atoms with E-state index in [-0.39, 0.29) is 17.9 Å². The van der Waals surface area contributed by atoms with Gasteiger partial charge in [0, 0.05) is 6.54 Å². The molecule has 0 spiro atoms. The van der Waals surface area contributed by atoms with Gasteiger partial charge >= 0.3 is 0 Å². The molecule has 0 aromatic heterocycles. The van der Waals surface area contributed by atoms with E-state index in [4.69, 9.17) is 0 Å². The topological polar surface area (TPSA) is 87.3 Å². The van der Waals surface area contributed by atoms with Crippen molar-refractivity contribution in [3.63, 3.8) is 0 Å². The minimum atomic E-state index is -0.659. The van der Waals surface area contributed by atoms with Crippen LogP contribution in [-0.4, -0.2) is 43.8 Å². The van der Waals surface area contributed by atoms with Gasteiger partial charge in [-0.2, -0.15) is 0 Å². The molecule has 3 N–H and O–H groups in total. The van der Waals surface area contributed by atoms with Gasteiger partial charge in [-0.3, -0.25) is 9.59 Å². The molecule has 6 heteroatoms. The zero-order valence-electron chi connectivity index (χ0n) is 17.3. The van der Waals surface area contributed by atoms with Crippen LogP contribution in [0.5, 0.6) is 0 Å². The highest BCUT2D eigenvalue weighted by molar-refractivity contribution is 5.87. The Labute approximate surface area is 163 Å². The number of hydrogen-bond acceptors (Lipinski definition) is 4. The number of carbonyl (C=O) groups excluding carboxylic acids is 3. The third kappa shape index (κ3) is 7.45. The first kappa shape index (κ1) is 23.3. The van der Waals surface area contributed by atoms with Crippen molar-refractivity contribution in [1.82, 2.24) is 16.0 Å². The third-order valence-corrected chi connectivity index (χ3v) is 5.25. The zero-order valence-corrected chi connectivity index (χ0v) is 17.3. The normalized spacial score (nSPS) is 22.0. The van der Waals surface area contributed by atoms with Gasteiger partial charge in [-0.15, -0.1) is 0 Å². The van der Waals surface area contributed by atoms with E-state index in [1.807, 2.05) is 0 Å². The maximum absolute atomic E-state index is 12.5. The fourth-order valence-corrected chi connectivity index (χ4v) is 3.60. The van der Waals surface area contributed by atoms with E-state index >= 15 is 0 Å². The van der Waals surface area contributed by atoms with Crippen LogP contribution in [0.2, 0.25) is 0 Å². The number of carbonyl (C=O) groups is 3. The Balaban J connectivity index is 2.76. The first-order valence-corrected chi connectivity index (χ1v) is 10.2. The largest absolute Gasteiger partial charge is 0.356 e. The van der Waals surface area contributed by atoms with Crippen LogP contribution in [0.4, 0.5) is 0 Å². The number of likely N-dealkylation sites (N-methyl/N-ethyl adjacent to an activating group) is 1. The number of allylic oxidation sites excluding steroid dienone is 2. The van der Waals surface area contributed by atoms with Crippen LogP contribution in [-0.2, 0) is 14.4 Å². The molecular weight excluding hydrogens is 342 g/mol. The lowest BCUT2D eigenvalue weighted by Gasteiger charge is -2.29. The number of nitrogens with one attached hydrogen (secondary N) is 3. The summed E-state index contributed by atoms with van der Waals surface area (Å²) in [4.78, 5) is 36.7. The highest BCUT2D eigenvalue weighted by Gasteiger charge is 2.43. The zero-order chi connectivity index (χ0) is 20.3. The van der Waals surface area contributed by atoms with E-state index in [1.54, 1.807) is 7.05 Å². The molecule has 1 aliphatic rings. The quantitative estimate of drug-likeness (QED) is 0.260. The summed E-state index contributed by atoms with van der Waals surface area (Å²) in [5.41, 5.74) is -0.616. The van der Waals surface area contributed by atoms with E-state index in [9.17, 15) is 14.4 Å². The fraction of sp³-hybridized carbons (Fsp3) is 0.762. The molecule has 2 amide bonds. The number of hydrogen-bond donors (Lipinski definition) is 3. The van der Waals surface area contributed by atoms with E-state index in [0.29, 0.717) is 38.1 Å². The Bertz CT molecular complexity index is 519. The summed E-state index contributed by atoms with van der Waals surface area (Å²) >= 11 is 0. The molecule has 1 aliphatic heterocycles. The second-order valence-corrected chi connectivity index (χ2v) is 8.03. The molecule has 1 heterocycles. The number of unbranched alkanes of at least 4 members (excludes halogenated alkanes) is 2. The van der Waals surface area contributed by atoms with Crippen LogP contribution in [0.1, 0.15) is 65.7 Å². The lowest BCUT2D eigenvalue weighted by atomic mass is 9.77. The summed E-state index contributed by atoms with van der Waals surface area (Å²) in [7, 11) is 1.75. The second kappa shape index (κ2) is 11.9. The number of rotatable bonds is 13. The van der Waals surface area contributed by atoms with Crippen molar-refractivity contribution < 1.29 is 14.4 Å². The molecule has 0 saturated carbocycles. The van der Waals surface area contributed by atoms with Gasteiger partial charge in [-0.1, -0.05) is 45.8 Å². The SMILES string of the molecule is CCCC/C=C/CC1(C[C@@H](C=O)NC(=O)[C@H](CC(C)C)NC)CCNC1=O.